The first-order valence-corrected chi connectivity index (χ1v) is 7.20. The fraction of sp³-hybridized carbons (Fsp3) is 0.429. The molecular formula is C14H19NOS. The number of H-pyrrole nitrogens is 1. The number of aromatic amines is 1. The summed E-state index contributed by atoms with van der Waals surface area (Å²) in [6.45, 7) is 0.329. The lowest BCUT2D eigenvalue weighted by Gasteiger charge is -1.99. The molecule has 92 valence electrons. The smallest absolute Gasteiger partial charge is 0.0732 e. The van der Waals surface area contributed by atoms with Gasteiger partial charge in [0.05, 0.1) is 5.03 Å². The topological polar surface area (TPSA) is 36.0 Å². The van der Waals surface area contributed by atoms with E-state index < -0.39 is 0 Å². The van der Waals surface area contributed by atoms with E-state index in [4.69, 9.17) is 5.11 Å². The molecule has 2 aromatic rings. The van der Waals surface area contributed by atoms with Gasteiger partial charge in [-0.25, -0.2) is 0 Å². The van der Waals surface area contributed by atoms with Gasteiger partial charge in [0.15, 0.2) is 0 Å². The first kappa shape index (κ1) is 12.5. The van der Waals surface area contributed by atoms with Crippen molar-refractivity contribution in [2.24, 2.45) is 0 Å². The van der Waals surface area contributed by atoms with E-state index in [-0.39, 0.29) is 0 Å². The lowest BCUT2D eigenvalue weighted by Crippen LogP contribution is -1.85. The van der Waals surface area contributed by atoms with Gasteiger partial charge in [-0.2, -0.15) is 0 Å². The van der Waals surface area contributed by atoms with Crippen molar-refractivity contribution in [2.75, 3.05) is 12.4 Å². The van der Waals surface area contributed by atoms with E-state index in [0.717, 1.165) is 18.6 Å². The molecule has 0 spiro atoms. The molecule has 0 fully saturated rings. The van der Waals surface area contributed by atoms with Gasteiger partial charge < -0.3 is 10.1 Å². The third-order valence-electron chi connectivity index (χ3n) is 2.82. The van der Waals surface area contributed by atoms with Crippen LogP contribution in [0.4, 0.5) is 0 Å². The average molecular weight is 249 g/mol. The summed E-state index contributed by atoms with van der Waals surface area (Å²) in [5.41, 5.74) is 1.22. The molecule has 0 aliphatic rings. The number of rotatable bonds is 7. The maximum atomic E-state index is 8.67. The van der Waals surface area contributed by atoms with Crippen LogP contribution in [0, 0.1) is 0 Å². The first-order chi connectivity index (χ1) is 8.40. The summed E-state index contributed by atoms with van der Waals surface area (Å²) < 4.78 is 0. The minimum Gasteiger partial charge on any atom is -0.396 e. The van der Waals surface area contributed by atoms with E-state index in [1.807, 2.05) is 11.8 Å². The molecule has 0 radical (unpaired) electrons. The molecule has 2 rings (SSSR count). The van der Waals surface area contributed by atoms with Crippen molar-refractivity contribution in [1.29, 1.82) is 0 Å². The highest BCUT2D eigenvalue weighted by Gasteiger charge is 2.00. The number of fused-ring (bicyclic) bond motifs is 1. The molecule has 1 aromatic carbocycles. The van der Waals surface area contributed by atoms with Crippen LogP contribution in [-0.2, 0) is 0 Å². The molecule has 0 aliphatic carbocycles. The van der Waals surface area contributed by atoms with Crippen LogP contribution in [0.1, 0.15) is 25.7 Å². The standard InChI is InChI=1S/C14H19NOS/c16-9-5-1-2-6-10-17-14-11-12-7-3-4-8-13(12)15-14/h3-4,7-8,11,15-16H,1-2,5-6,9-10H2. The van der Waals surface area contributed by atoms with Crippen molar-refractivity contribution in [3.63, 3.8) is 0 Å². The molecule has 0 atom stereocenters. The lowest BCUT2D eigenvalue weighted by atomic mass is 10.2. The van der Waals surface area contributed by atoms with Gasteiger partial charge in [0.25, 0.3) is 0 Å². The van der Waals surface area contributed by atoms with Crippen LogP contribution in [-0.4, -0.2) is 22.5 Å². The number of aliphatic hydroxyl groups is 1. The van der Waals surface area contributed by atoms with Crippen molar-refractivity contribution < 1.29 is 5.11 Å². The molecule has 3 heteroatoms. The summed E-state index contributed by atoms with van der Waals surface area (Å²) in [6.07, 6.45) is 4.52. The van der Waals surface area contributed by atoms with Crippen molar-refractivity contribution in [1.82, 2.24) is 4.98 Å². The Bertz CT molecular complexity index is 419. The van der Waals surface area contributed by atoms with Gasteiger partial charge in [-0.15, -0.1) is 11.8 Å². The van der Waals surface area contributed by atoms with E-state index in [0.29, 0.717) is 6.61 Å². The van der Waals surface area contributed by atoms with Crippen molar-refractivity contribution in [3.05, 3.63) is 30.3 Å². The van der Waals surface area contributed by atoms with Gasteiger partial charge in [0.2, 0.25) is 0 Å². The monoisotopic (exact) mass is 249 g/mol. The molecule has 0 amide bonds. The minimum absolute atomic E-state index is 0.329. The van der Waals surface area contributed by atoms with Crippen LogP contribution in [0.5, 0.6) is 0 Å². The SMILES string of the molecule is OCCCCCCSc1cc2ccccc2[nH]1. The second kappa shape index (κ2) is 6.72. The van der Waals surface area contributed by atoms with Crippen molar-refractivity contribution >= 4 is 22.7 Å². The molecule has 1 heterocycles. The maximum absolute atomic E-state index is 8.67. The van der Waals surface area contributed by atoms with Crippen molar-refractivity contribution in [2.45, 2.75) is 30.7 Å². The number of hydrogen-bond donors (Lipinski definition) is 2. The number of aromatic nitrogens is 1. The quantitative estimate of drug-likeness (QED) is 0.578. The lowest BCUT2D eigenvalue weighted by molar-refractivity contribution is 0.283. The van der Waals surface area contributed by atoms with Crippen LogP contribution >= 0.6 is 11.8 Å². The third kappa shape index (κ3) is 3.79. The van der Waals surface area contributed by atoms with Gasteiger partial charge in [-0.05, 0) is 30.7 Å². The Morgan fingerprint density at radius 1 is 1.06 bits per heavy atom. The summed E-state index contributed by atoms with van der Waals surface area (Å²) in [5.74, 6) is 1.15. The van der Waals surface area contributed by atoms with Gasteiger partial charge in [0.1, 0.15) is 0 Å². The summed E-state index contributed by atoms with van der Waals surface area (Å²) in [5, 5.41) is 11.2. The number of hydrogen-bond acceptors (Lipinski definition) is 2. The van der Waals surface area contributed by atoms with Crippen molar-refractivity contribution in [3.8, 4) is 0 Å². The molecule has 0 unspecified atom stereocenters. The molecular weight excluding hydrogens is 230 g/mol. The Kier molecular flexibility index (Phi) is 4.95. The van der Waals surface area contributed by atoms with E-state index >= 15 is 0 Å². The predicted octanol–water partition coefficient (Wildman–Crippen LogP) is 3.81. The second-order valence-corrected chi connectivity index (χ2v) is 5.34. The first-order valence-electron chi connectivity index (χ1n) is 6.21. The summed E-state index contributed by atoms with van der Waals surface area (Å²) in [6, 6.07) is 10.6. The number of para-hydroxylation sites is 1. The van der Waals surface area contributed by atoms with E-state index in [1.165, 1.54) is 28.8 Å². The molecule has 0 saturated carbocycles. The van der Waals surface area contributed by atoms with Crippen LogP contribution in [0.15, 0.2) is 35.4 Å². The van der Waals surface area contributed by atoms with Crippen LogP contribution in [0.3, 0.4) is 0 Å². The largest absolute Gasteiger partial charge is 0.396 e. The molecule has 2 N–H and O–H groups in total. The molecule has 2 nitrogen and oxygen atoms in total. The normalized spacial score (nSPS) is 11.1. The number of thioether (sulfide) groups is 1. The Morgan fingerprint density at radius 3 is 2.71 bits per heavy atom. The number of benzene rings is 1. The van der Waals surface area contributed by atoms with E-state index in [2.05, 4.69) is 35.3 Å². The summed E-state index contributed by atoms with van der Waals surface area (Å²) >= 11 is 1.89. The van der Waals surface area contributed by atoms with Crippen LogP contribution < -0.4 is 0 Å². The highest BCUT2D eigenvalue weighted by molar-refractivity contribution is 7.99. The zero-order valence-electron chi connectivity index (χ0n) is 9.98. The summed E-state index contributed by atoms with van der Waals surface area (Å²) in [7, 11) is 0. The molecule has 0 aliphatic heterocycles. The minimum atomic E-state index is 0.329. The Hall–Kier alpha value is -0.930. The Balaban J connectivity index is 1.75. The maximum Gasteiger partial charge on any atom is 0.0732 e. The molecule has 0 bridgehead atoms. The Morgan fingerprint density at radius 2 is 1.88 bits per heavy atom. The third-order valence-corrected chi connectivity index (χ3v) is 3.84. The zero-order chi connectivity index (χ0) is 11.9. The highest BCUT2D eigenvalue weighted by Crippen LogP contribution is 2.24. The molecule has 17 heavy (non-hydrogen) atoms. The van der Waals surface area contributed by atoms with Gasteiger partial charge in [0, 0.05) is 17.5 Å². The van der Waals surface area contributed by atoms with E-state index in [1.54, 1.807) is 0 Å². The number of unbranched alkanes of at least 4 members (excludes halogenated alkanes) is 3. The molecule has 1 aromatic heterocycles. The van der Waals surface area contributed by atoms with E-state index in [9.17, 15) is 0 Å². The second-order valence-electron chi connectivity index (χ2n) is 4.21. The van der Waals surface area contributed by atoms with Gasteiger partial charge in [-0.3, -0.25) is 0 Å². The zero-order valence-corrected chi connectivity index (χ0v) is 10.8. The van der Waals surface area contributed by atoms with Crippen LogP contribution in [0.2, 0.25) is 0 Å². The fourth-order valence-corrected chi connectivity index (χ4v) is 2.83. The van der Waals surface area contributed by atoms with Gasteiger partial charge in [-0.1, -0.05) is 31.0 Å². The summed E-state index contributed by atoms with van der Waals surface area (Å²) in [4.78, 5) is 3.42. The Labute approximate surface area is 106 Å². The molecule has 0 saturated heterocycles. The predicted molar refractivity (Wildman–Crippen MR) is 74.6 cm³/mol. The van der Waals surface area contributed by atoms with Gasteiger partial charge >= 0.3 is 0 Å². The number of aliphatic hydroxyl groups excluding tert-OH is 1. The average Bonchev–Trinajstić information content (AvgIpc) is 2.76. The highest BCUT2D eigenvalue weighted by atomic mass is 32.2. The van der Waals surface area contributed by atoms with Crippen LogP contribution in [0.25, 0.3) is 10.9 Å². The fourth-order valence-electron chi connectivity index (χ4n) is 1.87. The number of nitrogens with one attached hydrogen (secondary N) is 1.